The first-order valence-corrected chi connectivity index (χ1v) is 15.6. The van der Waals surface area contributed by atoms with E-state index >= 15 is 0 Å². The summed E-state index contributed by atoms with van der Waals surface area (Å²) in [4.78, 5) is 61.0. The Morgan fingerprint density at radius 3 is 2.53 bits per heavy atom. The van der Waals surface area contributed by atoms with Crippen molar-refractivity contribution >= 4 is 23.6 Å². The van der Waals surface area contributed by atoms with E-state index in [1.165, 1.54) is 24.3 Å². The number of halogens is 1. The van der Waals surface area contributed by atoms with Crippen LogP contribution in [0.1, 0.15) is 72.1 Å². The lowest BCUT2D eigenvalue weighted by Gasteiger charge is -2.36. The molecular weight excluding hydrogens is 577 g/mol. The molecule has 45 heavy (non-hydrogen) atoms. The Balaban J connectivity index is 1.35. The largest absolute Gasteiger partial charge is 0.352 e. The molecule has 11 nitrogen and oxygen atoms in total. The monoisotopic (exact) mass is 617 g/mol. The first-order valence-electron chi connectivity index (χ1n) is 15.6. The van der Waals surface area contributed by atoms with Crippen LogP contribution < -0.4 is 10.6 Å². The first-order chi connectivity index (χ1) is 21.8. The molecule has 0 bridgehead atoms. The molecule has 0 unspecified atom stereocenters. The molecule has 2 aliphatic rings. The van der Waals surface area contributed by atoms with Crippen molar-refractivity contribution < 1.29 is 23.6 Å². The van der Waals surface area contributed by atoms with Gasteiger partial charge < -0.3 is 20.4 Å². The van der Waals surface area contributed by atoms with Gasteiger partial charge in [0.1, 0.15) is 23.5 Å². The maximum absolute atomic E-state index is 13.7. The van der Waals surface area contributed by atoms with Gasteiger partial charge in [-0.3, -0.25) is 19.2 Å². The number of rotatable bonds is 6. The van der Waals surface area contributed by atoms with Crippen molar-refractivity contribution in [3.05, 3.63) is 83.2 Å². The standard InChI is InChI=1S/C33H40FN7O4/c1-23-36-31-27(22-24-8-3-2-4-9-24)37-33(45)28-10-5-6-19-40(28)30(43)11-7-18-39(20-21-41(31)38-23)29(42)16-17-35-32(44)25-12-14-26(34)15-13-25/h2-4,8-9,12-15,27-28H,5-7,10-11,16-22H2,1H3,(H,35,44)(H,37,45)/t27-,28+/m1/s1. The van der Waals surface area contributed by atoms with Crippen LogP contribution >= 0.6 is 0 Å². The Morgan fingerprint density at radius 2 is 1.76 bits per heavy atom. The van der Waals surface area contributed by atoms with E-state index in [-0.39, 0.29) is 43.0 Å². The number of hydrogen-bond donors (Lipinski definition) is 2. The van der Waals surface area contributed by atoms with E-state index in [0.29, 0.717) is 62.7 Å². The number of nitrogens with one attached hydrogen (secondary N) is 2. The van der Waals surface area contributed by atoms with Gasteiger partial charge in [0.05, 0.1) is 12.6 Å². The van der Waals surface area contributed by atoms with Gasteiger partial charge in [-0.05, 0) is 68.9 Å². The molecule has 12 heteroatoms. The van der Waals surface area contributed by atoms with E-state index in [0.717, 1.165) is 18.4 Å². The van der Waals surface area contributed by atoms with Crippen LogP contribution in [0.15, 0.2) is 54.6 Å². The number of piperidine rings is 1. The Bertz CT molecular complexity index is 1490. The average Bonchev–Trinajstić information content (AvgIpc) is 3.42. The molecule has 1 fully saturated rings. The van der Waals surface area contributed by atoms with Crippen molar-refractivity contribution in [3.8, 4) is 0 Å². The second kappa shape index (κ2) is 14.9. The predicted octanol–water partition coefficient (Wildman–Crippen LogP) is 2.95. The summed E-state index contributed by atoms with van der Waals surface area (Å²) in [6.07, 6.45) is 3.50. The third kappa shape index (κ3) is 8.31. The molecule has 0 radical (unpaired) electrons. The highest BCUT2D eigenvalue weighted by Gasteiger charge is 2.34. The molecule has 3 heterocycles. The van der Waals surface area contributed by atoms with Gasteiger partial charge in [-0.15, -0.1) is 0 Å². The maximum Gasteiger partial charge on any atom is 0.251 e. The minimum Gasteiger partial charge on any atom is -0.352 e. The molecule has 2 aromatic carbocycles. The van der Waals surface area contributed by atoms with E-state index in [1.54, 1.807) is 21.4 Å². The quantitative estimate of drug-likeness (QED) is 0.438. The van der Waals surface area contributed by atoms with Crippen molar-refractivity contribution in [1.29, 1.82) is 0 Å². The molecule has 5 rings (SSSR count). The number of hydrogen-bond acceptors (Lipinski definition) is 6. The second-order valence-corrected chi connectivity index (χ2v) is 11.6. The van der Waals surface area contributed by atoms with E-state index in [9.17, 15) is 23.6 Å². The molecule has 3 aromatic rings. The minimum atomic E-state index is -0.563. The second-order valence-electron chi connectivity index (χ2n) is 11.6. The summed E-state index contributed by atoms with van der Waals surface area (Å²) in [6, 6.07) is 14.0. The van der Waals surface area contributed by atoms with Crippen LogP contribution in [-0.2, 0) is 27.3 Å². The molecule has 1 aromatic heterocycles. The molecule has 0 aliphatic carbocycles. The molecule has 0 spiro atoms. The Hall–Kier alpha value is -4.61. The lowest BCUT2D eigenvalue weighted by Crippen LogP contribution is -2.53. The normalized spacial score (nSPS) is 19.6. The third-order valence-corrected chi connectivity index (χ3v) is 8.33. The van der Waals surface area contributed by atoms with Crippen molar-refractivity contribution in [2.75, 3.05) is 26.2 Å². The number of fused-ring (bicyclic) bond motifs is 2. The summed E-state index contributed by atoms with van der Waals surface area (Å²) in [7, 11) is 0. The fraction of sp³-hybridized carbons (Fsp3) is 0.455. The minimum absolute atomic E-state index is 0.0605. The van der Waals surface area contributed by atoms with Gasteiger partial charge in [0.25, 0.3) is 5.91 Å². The summed E-state index contributed by atoms with van der Waals surface area (Å²) in [5.74, 6) is -0.127. The number of carbonyl (C=O) groups excluding carboxylic acids is 4. The van der Waals surface area contributed by atoms with Crippen molar-refractivity contribution in [3.63, 3.8) is 0 Å². The van der Waals surface area contributed by atoms with E-state index in [2.05, 4.69) is 15.7 Å². The molecule has 238 valence electrons. The fourth-order valence-electron chi connectivity index (χ4n) is 6.01. The summed E-state index contributed by atoms with van der Waals surface area (Å²) in [6.45, 7) is 3.42. The molecule has 2 aliphatic heterocycles. The first kappa shape index (κ1) is 31.8. The molecular formula is C33H40FN7O4. The zero-order valence-electron chi connectivity index (χ0n) is 25.6. The molecule has 0 saturated carbocycles. The zero-order chi connectivity index (χ0) is 31.8. The van der Waals surface area contributed by atoms with Crippen LogP contribution in [0.3, 0.4) is 0 Å². The Labute approximate surface area is 262 Å². The van der Waals surface area contributed by atoms with Crippen LogP contribution in [0.4, 0.5) is 4.39 Å². The van der Waals surface area contributed by atoms with Crippen LogP contribution in [-0.4, -0.2) is 80.4 Å². The number of aromatic nitrogens is 3. The average molecular weight is 618 g/mol. The van der Waals surface area contributed by atoms with Crippen LogP contribution in [0.2, 0.25) is 0 Å². The summed E-state index contributed by atoms with van der Waals surface area (Å²) in [5.41, 5.74) is 1.33. The number of carbonyl (C=O) groups is 4. The maximum atomic E-state index is 13.7. The van der Waals surface area contributed by atoms with Gasteiger partial charge in [0.2, 0.25) is 17.7 Å². The molecule has 2 N–H and O–H groups in total. The molecule has 2 atom stereocenters. The summed E-state index contributed by atoms with van der Waals surface area (Å²) in [5, 5.41) is 10.5. The van der Waals surface area contributed by atoms with E-state index < -0.39 is 17.9 Å². The van der Waals surface area contributed by atoms with Crippen LogP contribution in [0.5, 0.6) is 0 Å². The fourth-order valence-corrected chi connectivity index (χ4v) is 6.01. The van der Waals surface area contributed by atoms with Gasteiger partial charge in [-0.1, -0.05) is 30.3 Å². The highest BCUT2D eigenvalue weighted by molar-refractivity contribution is 5.94. The topological polar surface area (TPSA) is 130 Å². The smallest absolute Gasteiger partial charge is 0.251 e. The van der Waals surface area contributed by atoms with Crippen molar-refractivity contribution in [1.82, 2.24) is 35.2 Å². The zero-order valence-corrected chi connectivity index (χ0v) is 25.6. The summed E-state index contributed by atoms with van der Waals surface area (Å²) >= 11 is 0. The molecule has 4 amide bonds. The Kier molecular flexibility index (Phi) is 10.5. The van der Waals surface area contributed by atoms with Gasteiger partial charge in [-0.2, -0.15) is 5.10 Å². The van der Waals surface area contributed by atoms with Crippen LogP contribution in [0.25, 0.3) is 0 Å². The van der Waals surface area contributed by atoms with Crippen molar-refractivity contribution in [2.24, 2.45) is 0 Å². The summed E-state index contributed by atoms with van der Waals surface area (Å²) < 4.78 is 15.0. The van der Waals surface area contributed by atoms with Gasteiger partial charge in [0, 0.05) is 44.6 Å². The van der Waals surface area contributed by atoms with Crippen molar-refractivity contribution in [2.45, 2.75) is 70.5 Å². The van der Waals surface area contributed by atoms with E-state index in [1.807, 2.05) is 30.3 Å². The van der Waals surface area contributed by atoms with Gasteiger partial charge in [0.15, 0.2) is 0 Å². The number of aryl methyl sites for hydroxylation is 1. The highest BCUT2D eigenvalue weighted by Crippen LogP contribution is 2.23. The Morgan fingerprint density at radius 1 is 0.978 bits per heavy atom. The number of benzene rings is 2. The number of amides is 4. The number of nitrogens with zero attached hydrogens (tertiary/aromatic N) is 5. The highest BCUT2D eigenvalue weighted by atomic mass is 19.1. The van der Waals surface area contributed by atoms with Gasteiger partial charge in [-0.25, -0.2) is 14.1 Å². The SMILES string of the molecule is Cc1nc2n(n1)CCN(C(=O)CCNC(=O)c1ccc(F)cc1)CCCC(=O)N1CCCC[C@H]1C(=O)N[C@@H]2Cc1ccccc1. The van der Waals surface area contributed by atoms with Gasteiger partial charge >= 0.3 is 0 Å². The lowest BCUT2D eigenvalue weighted by molar-refractivity contribution is -0.143. The van der Waals surface area contributed by atoms with E-state index in [4.69, 9.17) is 4.98 Å². The predicted molar refractivity (Wildman–Crippen MR) is 164 cm³/mol. The lowest BCUT2D eigenvalue weighted by atomic mass is 9.99. The van der Waals surface area contributed by atoms with Crippen LogP contribution in [0, 0.1) is 12.7 Å². The molecule has 1 saturated heterocycles. The third-order valence-electron chi connectivity index (χ3n) is 8.33.